The van der Waals surface area contributed by atoms with Gasteiger partial charge in [-0.25, -0.2) is 0 Å². The van der Waals surface area contributed by atoms with Crippen LogP contribution in [0.2, 0.25) is 0 Å². The zero-order valence-corrected chi connectivity index (χ0v) is 15.4. The summed E-state index contributed by atoms with van der Waals surface area (Å²) in [5.74, 6) is 1.00. The van der Waals surface area contributed by atoms with Gasteiger partial charge in [-0.2, -0.15) is 0 Å². The molecule has 0 radical (unpaired) electrons. The largest absolute Gasteiger partial charge is 0.378 e. The van der Waals surface area contributed by atoms with E-state index in [1.54, 1.807) is 18.0 Å². The fourth-order valence-corrected chi connectivity index (χ4v) is 3.82. The number of aromatic nitrogens is 1. The third-order valence-corrected chi connectivity index (χ3v) is 5.44. The molecule has 4 nitrogen and oxygen atoms in total. The van der Waals surface area contributed by atoms with Gasteiger partial charge < -0.3 is 9.64 Å². The number of nitrogens with zero attached hydrogens (tertiary/aromatic N) is 2. The van der Waals surface area contributed by atoms with Crippen LogP contribution in [0.15, 0.2) is 53.7 Å². The molecule has 132 valence electrons. The average molecular weight is 356 g/mol. The molecule has 1 fully saturated rings. The van der Waals surface area contributed by atoms with Crippen molar-refractivity contribution in [3.8, 4) is 0 Å². The zero-order chi connectivity index (χ0) is 17.5. The first-order valence-electron chi connectivity index (χ1n) is 8.79. The Bertz CT molecular complexity index is 668. The molecular weight excluding hydrogens is 332 g/mol. The van der Waals surface area contributed by atoms with Crippen LogP contribution in [0.1, 0.15) is 35.7 Å². The quantitative estimate of drug-likeness (QED) is 0.733. The first-order chi connectivity index (χ1) is 12.3. The molecule has 0 aliphatic carbocycles. The minimum atomic E-state index is 0.124. The van der Waals surface area contributed by atoms with E-state index in [0.717, 1.165) is 48.7 Å². The molecule has 2 aromatic rings. The zero-order valence-electron chi connectivity index (χ0n) is 14.6. The molecule has 0 unspecified atom stereocenters. The lowest BCUT2D eigenvalue weighted by molar-refractivity contribution is 0.0146. The summed E-state index contributed by atoms with van der Waals surface area (Å²) in [6.07, 6.45) is 5.83. The average Bonchev–Trinajstić information content (AvgIpc) is 2.68. The van der Waals surface area contributed by atoms with E-state index in [0.29, 0.717) is 6.10 Å². The molecule has 0 N–H and O–H groups in total. The van der Waals surface area contributed by atoms with Crippen LogP contribution < -0.4 is 0 Å². The van der Waals surface area contributed by atoms with Gasteiger partial charge in [-0.1, -0.05) is 6.07 Å². The second-order valence-corrected chi connectivity index (χ2v) is 7.17. The maximum atomic E-state index is 12.6. The van der Waals surface area contributed by atoms with E-state index in [4.69, 9.17) is 4.74 Å². The fourth-order valence-electron chi connectivity index (χ4n) is 2.99. The van der Waals surface area contributed by atoms with Crippen molar-refractivity contribution < 1.29 is 9.53 Å². The van der Waals surface area contributed by atoms with Gasteiger partial charge in [-0.15, -0.1) is 11.8 Å². The third kappa shape index (κ3) is 5.06. The summed E-state index contributed by atoms with van der Waals surface area (Å²) in [7, 11) is 0. The second-order valence-electron chi connectivity index (χ2n) is 6.12. The first-order valence-corrected chi connectivity index (χ1v) is 9.77. The normalized spacial score (nSPS) is 15.3. The third-order valence-electron chi connectivity index (χ3n) is 4.36. The summed E-state index contributed by atoms with van der Waals surface area (Å²) in [4.78, 5) is 19.9. The van der Waals surface area contributed by atoms with Crippen molar-refractivity contribution in [3.05, 3.63) is 59.9 Å². The molecule has 1 aliphatic rings. The van der Waals surface area contributed by atoms with E-state index in [1.165, 1.54) is 5.56 Å². The van der Waals surface area contributed by atoms with Gasteiger partial charge in [0.1, 0.15) is 0 Å². The number of carbonyl (C=O) groups is 1. The smallest absolute Gasteiger partial charge is 0.253 e. The Kier molecular flexibility index (Phi) is 6.48. The number of rotatable bonds is 6. The number of pyridine rings is 1. The Morgan fingerprint density at radius 2 is 2.00 bits per heavy atom. The van der Waals surface area contributed by atoms with E-state index < -0.39 is 0 Å². The molecule has 1 aromatic carbocycles. The number of benzene rings is 1. The minimum absolute atomic E-state index is 0.124. The lowest BCUT2D eigenvalue weighted by atomic mass is 10.1. The number of carbonyl (C=O) groups excluding carboxylic acids is 1. The predicted molar refractivity (Wildman–Crippen MR) is 101 cm³/mol. The van der Waals surface area contributed by atoms with Crippen LogP contribution in [0.5, 0.6) is 0 Å². The van der Waals surface area contributed by atoms with E-state index >= 15 is 0 Å². The van der Waals surface area contributed by atoms with Crippen LogP contribution in [0.25, 0.3) is 0 Å². The van der Waals surface area contributed by atoms with Crippen molar-refractivity contribution in [2.45, 2.75) is 36.5 Å². The van der Waals surface area contributed by atoms with Gasteiger partial charge >= 0.3 is 0 Å². The van der Waals surface area contributed by atoms with Gasteiger partial charge in [0.05, 0.1) is 6.10 Å². The van der Waals surface area contributed by atoms with E-state index in [-0.39, 0.29) is 5.91 Å². The van der Waals surface area contributed by atoms with Gasteiger partial charge in [0, 0.05) is 48.3 Å². The van der Waals surface area contributed by atoms with Crippen molar-refractivity contribution in [2.24, 2.45) is 0 Å². The topological polar surface area (TPSA) is 42.4 Å². The number of likely N-dealkylation sites (tertiary alicyclic amines) is 1. The van der Waals surface area contributed by atoms with Gasteiger partial charge in [-0.05, 0) is 55.7 Å². The Labute approximate surface area is 153 Å². The molecule has 1 amide bonds. The van der Waals surface area contributed by atoms with Gasteiger partial charge in [0.15, 0.2) is 0 Å². The van der Waals surface area contributed by atoms with Gasteiger partial charge in [-0.3, -0.25) is 9.78 Å². The molecule has 0 spiro atoms. The molecule has 1 aliphatic heterocycles. The Hall–Kier alpha value is -1.85. The van der Waals surface area contributed by atoms with Crippen LogP contribution in [0.3, 0.4) is 0 Å². The highest BCUT2D eigenvalue weighted by Gasteiger charge is 2.23. The van der Waals surface area contributed by atoms with Crippen molar-refractivity contribution >= 4 is 17.7 Å². The molecule has 1 saturated heterocycles. The van der Waals surface area contributed by atoms with E-state index in [9.17, 15) is 4.79 Å². The van der Waals surface area contributed by atoms with Crippen molar-refractivity contribution in [3.63, 3.8) is 0 Å². The molecule has 5 heteroatoms. The minimum Gasteiger partial charge on any atom is -0.378 e. The van der Waals surface area contributed by atoms with Crippen LogP contribution in [-0.4, -0.2) is 41.6 Å². The molecule has 2 heterocycles. The van der Waals surface area contributed by atoms with Gasteiger partial charge in [0.25, 0.3) is 5.91 Å². The molecular formula is C20H24N2O2S. The second kappa shape index (κ2) is 9.02. The number of thioether (sulfide) groups is 1. The molecule has 0 bridgehead atoms. The Morgan fingerprint density at radius 1 is 1.24 bits per heavy atom. The Morgan fingerprint density at radius 3 is 2.64 bits per heavy atom. The lowest BCUT2D eigenvalue weighted by Crippen LogP contribution is -2.40. The highest BCUT2D eigenvalue weighted by atomic mass is 32.2. The van der Waals surface area contributed by atoms with Crippen molar-refractivity contribution in [1.29, 1.82) is 0 Å². The van der Waals surface area contributed by atoms with E-state index in [1.807, 2.05) is 48.4 Å². The Balaban J connectivity index is 1.52. The maximum Gasteiger partial charge on any atom is 0.253 e. The predicted octanol–water partition coefficient (Wildman–Crippen LogP) is 4.02. The lowest BCUT2D eigenvalue weighted by Gasteiger charge is -2.31. The van der Waals surface area contributed by atoms with Crippen LogP contribution in [-0.2, 0) is 10.5 Å². The molecule has 25 heavy (non-hydrogen) atoms. The summed E-state index contributed by atoms with van der Waals surface area (Å²) in [5, 5.41) is 0. The van der Waals surface area contributed by atoms with Crippen molar-refractivity contribution in [2.75, 3.05) is 19.7 Å². The van der Waals surface area contributed by atoms with Crippen LogP contribution >= 0.6 is 11.8 Å². The number of ether oxygens (including phenoxy) is 1. The highest BCUT2D eigenvalue weighted by molar-refractivity contribution is 7.98. The number of piperidine rings is 1. The summed E-state index contributed by atoms with van der Waals surface area (Å²) < 4.78 is 5.65. The fraction of sp³-hybridized carbons (Fsp3) is 0.400. The maximum absolute atomic E-state index is 12.6. The molecule has 3 rings (SSSR count). The molecule has 1 aromatic heterocycles. The first kappa shape index (κ1) is 18.0. The summed E-state index contributed by atoms with van der Waals surface area (Å²) >= 11 is 1.75. The number of amides is 1. The number of hydrogen-bond acceptors (Lipinski definition) is 4. The summed E-state index contributed by atoms with van der Waals surface area (Å²) in [5.41, 5.74) is 1.96. The van der Waals surface area contributed by atoms with Gasteiger partial charge in [0.2, 0.25) is 0 Å². The van der Waals surface area contributed by atoms with Crippen molar-refractivity contribution in [1.82, 2.24) is 9.88 Å². The molecule has 0 atom stereocenters. The van der Waals surface area contributed by atoms with Crippen LogP contribution in [0, 0.1) is 0 Å². The number of hydrogen-bond donors (Lipinski definition) is 0. The standard InChI is InChI=1S/C20H24N2O2S/c1-2-24-18-9-12-22(13-10-18)20(23)17-5-7-19(8-6-17)25-15-16-4-3-11-21-14-16/h3-8,11,14,18H,2,9-10,12-13,15H2,1H3. The SMILES string of the molecule is CCOC1CCN(C(=O)c2ccc(SCc3cccnc3)cc2)CC1. The molecule has 0 saturated carbocycles. The monoisotopic (exact) mass is 356 g/mol. The summed E-state index contributed by atoms with van der Waals surface area (Å²) in [6, 6.07) is 11.9. The highest BCUT2D eigenvalue weighted by Crippen LogP contribution is 2.23. The summed E-state index contributed by atoms with van der Waals surface area (Å²) in [6.45, 7) is 4.32. The van der Waals surface area contributed by atoms with E-state index in [2.05, 4.69) is 11.1 Å². The van der Waals surface area contributed by atoms with Crippen LogP contribution in [0.4, 0.5) is 0 Å².